The van der Waals surface area contributed by atoms with Gasteiger partial charge in [0.15, 0.2) is 11.6 Å². The van der Waals surface area contributed by atoms with Crippen LogP contribution in [0.4, 0.5) is 8.78 Å². The van der Waals surface area contributed by atoms with Crippen LogP contribution < -0.4 is 5.32 Å². The molecule has 3 heteroatoms. The van der Waals surface area contributed by atoms with Crippen molar-refractivity contribution in [2.45, 2.75) is 26.8 Å². The predicted molar refractivity (Wildman–Crippen MR) is 63.1 cm³/mol. The Morgan fingerprint density at radius 1 is 1.38 bits per heavy atom. The van der Waals surface area contributed by atoms with Crippen LogP contribution in [0.3, 0.4) is 0 Å². The van der Waals surface area contributed by atoms with Gasteiger partial charge in [-0.15, -0.1) is 0 Å². The zero-order chi connectivity index (χ0) is 12.1. The second kappa shape index (κ2) is 5.75. The zero-order valence-electron chi connectivity index (χ0n) is 9.85. The molecule has 0 atom stereocenters. The van der Waals surface area contributed by atoms with Crippen molar-refractivity contribution in [3.63, 3.8) is 0 Å². The fourth-order valence-corrected chi connectivity index (χ4v) is 1.31. The number of benzene rings is 1. The van der Waals surface area contributed by atoms with E-state index in [0.29, 0.717) is 18.2 Å². The second-order valence-corrected chi connectivity index (χ2v) is 4.17. The molecular weight excluding hydrogens is 208 g/mol. The lowest BCUT2D eigenvalue weighted by atomic mass is 10.1. The minimum absolute atomic E-state index is 0.294. The van der Waals surface area contributed by atoms with Gasteiger partial charge in [0.2, 0.25) is 0 Å². The summed E-state index contributed by atoms with van der Waals surface area (Å²) in [6.07, 6.45) is 1.66. The maximum Gasteiger partial charge on any atom is 0.166 e. The first-order valence-electron chi connectivity index (χ1n) is 5.35. The molecule has 0 heterocycles. The van der Waals surface area contributed by atoms with Crippen molar-refractivity contribution >= 4 is 6.08 Å². The lowest BCUT2D eigenvalue weighted by Crippen LogP contribution is -2.24. The molecule has 0 aliphatic rings. The third-order valence-corrected chi connectivity index (χ3v) is 2.17. The van der Waals surface area contributed by atoms with Gasteiger partial charge in [-0.05, 0) is 13.0 Å². The predicted octanol–water partition coefficient (Wildman–Crippen LogP) is 3.37. The van der Waals surface area contributed by atoms with E-state index in [-0.39, 0.29) is 0 Å². The van der Waals surface area contributed by atoms with Gasteiger partial charge in [-0.2, -0.15) is 0 Å². The molecule has 0 saturated carbocycles. The molecule has 1 aromatic rings. The van der Waals surface area contributed by atoms with Crippen molar-refractivity contribution < 1.29 is 8.78 Å². The van der Waals surface area contributed by atoms with Gasteiger partial charge in [0.1, 0.15) is 0 Å². The van der Waals surface area contributed by atoms with Crippen molar-refractivity contribution in [1.82, 2.24) is 5.32 Å². The van der Waals surface area contributed by atoms with Gasteiger partial charge in [0, 0.05) is 18.2 Å². The van der Waals surface area contributed by atoms with Crippen LogP contribution in [0.1, 0.15) is 26.3 Å². The van der Waals surface area contributed by atoms with Crippen LogP contribution in [0.15, 0.2) is 23.8 Å². The van der Waals surface area contributed by atoms with E-state index in [9.17, 15) is 8.78 Å². The normalized spacial score (nSPS) is 12.2. The Balaban J connectivity index is 2.78. The summed E-state index contributed by atoms with van der Waals surface area (Å²) in [6.45, 7) is 6.64. The Labute approximate surface area is 95.2 Å². The number of hydrogen-bond donors (Lipinski definition) is 1. The highest BCUT2D eigenvalue weighted by Crippen LogP contribution is 2.14. The molecule has 0 fully saturated rings. The summed E-state index contributed by atoms with van der Waals surface area (Å²) in [7, 11) is 0. The summed E-state index contributed by atoms with van der Waals surface area (Å²) in [4.78, 5) is 0. The van der Waals surface area contributed by atoms with Crippen molar-refractivity contribution in [2.24, 2.45) is 0 Å². The molecular formula is C13H17F2N. The fraction of sp³-hybridized carbons (Fsp3) is 0.385. The average Bonchev–Trinajstić information content (AvgIpc) is 2.22. The number of nitrogens with one attached hydrogen (secondary N) is 1. The van der Waals surface area contributed by atoms with Crippen molar-refractivity contribution in [3.05, 3.63) is 41.0 Å². The van der Waals surface area contributed by atoms with Gasteiger partial charge in [-0.3, -0.25) is 0 Å². The topological polar surface area (TPSA) is 12.0 Å². The highest BCUT2D eigenvalue weighted by Gasteiger charge is 2.05. The second-order valence-electron chi connectivity index (χ2n) is 4.17. The van der Waals surface area contributed by atoms with Crippen LogP contribution in [-0.2, 0) is 0 Å². The largest absolute Gasteiger partial charge is 0.311 e. The van der Waals surface area contributed by atoms with Gasteiger partial charge in [0.25, 0.3) is 0 Å². The molecule has 0 bridgehead atoms. The minimum atomic E-state index is -0.807. The molecule has 0 aliphatic heterocycles. The van der Waals surface area contributed by atoms with Crippen LogP contribution >= 0.6 is 0 Å². The highest BCUT2D eigenvalue weighted by atomic mass is 19.2. The molecule has 0 radical (unpaired) electrons. The van der Waals surface area contributed by atoms with Crippen LogP contribution in [-0.4, -0.2) is 12.6 Å². The van der Waals surface area contributed by atoms with E-state index < -0.39 is 11.6 Å². The molecule has 1 N–H and O–H groups in total. The Bertz CT molecular complexity index is 384. The maximum atomic E-state index is 13.3. The standard InChI is InChI=1S/C13H17F2N/c1-9(2)16-8-10(3)7-11-5-4-6-12(14)13(11)15/h4-7,9,16H,8H2,1-3H3. The van der Waals surface area contributed by atoms with Crippen LogP contribution in [0.25, 0.3) is 6.08 Å². The lowest BCUT2D eigenvalue weighted by molar-refractivity contribution is 0.507. The highest BCUT2D eigenvalue weighted by molar-refractivity contribution is 5.53. The zero-order valence-corrected chi connectivity index (χ0v) is 9.85. The fourth-order valence-electron chi connectivity index (χ4n) is 1.31. The van der Waals surface area contributed by atoms with Crippen molar-refractivity contribution in [2.75, 3.05) is 6.54 Å². The molecule has 0 unspecified atom stereocenters. The van der Waals surface area contributed by atoms with E-state index in [2.05, 4.69) is 5.32 Å². The first kappa shape index (κ1) is 12.8. The molecule has 0 aromatic heterocycles. The molecule has 88 valence electrons. The summed E-state index contributed by atoms with van der Waals surface area (Å²) in [6, 6.07) is 4.57. The van der Waals surface area contributed by atoms with Gasteiger partial charge < -0.3 is 5.32 Å². The number of rotatable bonds is 4. The van der Waals surface area contributed by atoms with Crippen LogP contribution in [0.5, 0.6) is 0 Å². The molecule has 0 saturated heterocycles. The monoisotopic (exact) mass is 225 g/mol. The number of hydrogen-bond acceptors (Lipinski definition) is 1. The first-order valence-corrected chi connectivity index (χ1v) is 5.35. The molecule has 16 heavy (non-hydrogen) atoms. The summed E-state index contributed by atoms with van der Waals surface area (Å²) in [5, 5.41) is 3.22. The summed E-state index contributed by atoms with van der Waals surface area (Å²) < 4.78 is 26.2. The van der Waals surface area contributed by atoms with E-state index >= 15 is 0 Å². The van der Waals surface area contributed by atoms with Crippen molar-refractivity contribution in [3.8, 4) is 0 Å². The third-order valence-electron chi connectivity index (χ3n) is 2.17. The quantitative estimate of drug-likeness (QED) is 0.828. The molecule has 0 aliphatic carbocycles. The maximum absolute atomic E-state index is 13.3. The van der Waals surface area contributed by atoms with Crippen LogP contribution in [0, 0.1) is 11.6 Å². The Morgan fingerprint density at radius 2 is 2.06 bits per heavy atom. The third kappa shape index (κ3) is 3.74. The summed E-state index contributed by atoms with van der Waals surface area (Å²) in [5.41, 5.74) is 1.27. The Hall–Kier alpha value is -1.22. The molecule has 1 aromatic carbocycles. The summed E-state index contributed by atoms with van der Waals surface area (Å²) >= 11 is 0. The van der Waals surface area contributed by atoms with Gasteiger partial charge in [-0.1, -0.05) is 37.6 Å². The SMILES string of the molecule is CC(=Cc1cccc(F)c1F)CNC(C)C. The number of halogens is 2. The Kier molecular flexibility index (Phi) is 4.62. The van der Waals surface area contributed by atoms with Crippen molar-refractivity contribution in [1.29, 1.82) is 0 Å². The molecule has 1 nitrogen and oxygen atoms in total. The van der Waals surface area contributed by atoms with Gasteiger partial charge in [-0.25, -0.2) is 8.78 Å². The lowest BCUT2D eigenvalue weighted by Gasteiger charge is -2.08. The first-order chi connectivity index (χ1) is 7.50. The van der Waals surface area contributed by atoms with E-state index in [1.807, 2.05) is 20.8 Å². The van der Waals surface area contributed by atoms with Gasteiger partial charge in [0.05, 0.1) is 0 Å². The summed E-state index contributed by atoms with van der Waals surface area (Å²) in [5.74, 6) is -1.59. The van der Waals surface area contributed by atoms with Crippen LogP contribution in [0.2, 0.25) is 0 Å². The van der Waals surface area contributed by atoms with E-state index in [1.165, 1.54) is 6.07 Å². The van der Waals surface area contributed by atoms with E-state index in [0.717, 1.165) is 11.6 Å². The molecule has 0 spiro atoms. The molecule has 1 rings (SSSR count). The van der Waals surface area contributed by atoms with Gasteiger partial charge >= 0.3 is 0 Å². The Morgan fingerprint density at radius 3 is 2.69 bits per heavy atom. The average molecular weight is 225 g/mol. The van der Waals surface area contributed by atoms with E-state index in [4.69, 9.17) is 0 Å². The minimum Gasteiger partial charge on any atom is -0.311 e. The smallest absolute Gasteiger partial charge is 0.166 e. The molecule has 0 amide bonds. The van der Waals surface area contributed by atoms with E-state index in [1.54, 1.807) is 12.1 Å².